The van der Waals surface area contributed by atoms with Gasteiger partial charge in [-0.05, 0) is 54.6 Å². The predicted octanol–water partition coefficient (Wildman–Crippen LogP) is 3.91. The van der Waals surface area contributed by atoms with Gasteiger partial charge in [-0.25, -0.2) is 0 Å². The fourth-order valence-electron chi connectivity index (χ4n) is 7.35. The Morgan fingerprint density at radius 2 is 2.03 bits per heavy atom. The number of rotatable bonds is 4. The first-order chi connectivity index (χ1) is 14.7. The third kappa shape index (κ3) is 3.24. The van der Waals surface area contributed by atoms with Gasteiger partial charge < -0.3 is 9.47 Å². The number of methoxy groups -OCH3 is 1. The van der Waals surface area contributed by atoms with Crippen molar-refractivity contribution in [3.8, 4) is 6.07 Å². The smallest absolute Gasteiger partial charge is 0.303 e. The van der Waals surface area contributed by atoms with Crippen LogP contribution in [0.1, 0.15) is 59.3 Å². The van der Waals surface area contributed by atoms with Crippen molar-refractivity contribution in [3.05, 3.63) is 23.0 Å². The Balaban J connectivity index is 1.70. The normalized spacial score (nSPS) is 38.9. The molecule has 0 heterocycles. The van der Waals surface area contributed by atoms with Crippen molar-refractivity contribution in [1.82, 2.24) is 0 Å². The van der Waals surface area contributed by atoms with Crippen molar-refractivity contribution < 1.29 is 23.9 Å². The molecule has 0 aromatic rings. The third-order valence-corrected chi connectivity index (χ3v) is 8.72. The summed E-state index contributed by atoms with van der Waals surface area (Å²) in [5.74, 6) is 0.382. The van der Waals surface area contributed by atoms with E-state index in [9.17, 15) is 19.6 Å². The van der Waals surface area contributed by atoms with Gasteiger partial charge >= 0.3 is 5.97 Å². The van der Waals surface area contributed by atoms with Crippen LogP contribution < -0.4 is 0 Å². The summed E-state index contributed by atoms with van der Waals surface area (Å²) in [6.45, 7) is 5.27. The van der Waals surface area contributed by atoms with Crippen LogP contribution in [0.15, 0.2) is 23.0 Å². The topological polar surface area (TPSA) is 93.5 Å². The van der Waals surface area contributed by atoms with Gasteiger partial charge in [0.1, 0.15) is 12.4 Å². The molecule has 0 N–H and O–H groups in total. The van der Waals surface area contributed by atoms with Gasteiger partial charge in [0.2, 0.25) is 0 Å². The summed E-state index contributed by atoms with van der Waals surface area (Å²) < 4.78 is 10.4. The first kappa shape index (κ1) is 21.8. The highest BCUT2D eigenvalue weighted by Gasteiger charge is 2.63. The van der Waals surface area contributed by atoms with Crippen LogP contribution >= 0.6 is 0 Å². The molecular formula is C25H31NO5. The highest BCUT2D eigenvalue weighted by atomic mass is 16.5. The molecule has 31 heavy (non-hydrogen) atoms. The lowest BCUT2D eigenvalue weighted by Gasteiger charge is -2.56. The molecule has 0 spiro atoms. The van der Waals surface area contributed by atoms with Crippen LogP contribution in [0.4, 0.5) is 0 Å². The molecule has 4 aliphatic carbocycles. The van der Waals surface area contributed by atoms with Gasteiger partial charge in [-0.2, -0.15) is 5.26 Å². The SMILES string of the molecule is COC1=CC2=C(C#N)C[C@H]3[C@@H]4CC[C@H](C(=O)COC(C)=O)[C@@]4(C)CC(=O)[C@@H]3[C@@]2(C)CC1. The lowest BCUT2D eigenvalue weighted by Crippen LogP contribution is -2.55. The predicted molar refractivity (Wildman–Crippen MR) is 112 cm³/mol. The van der Waals surface area contributed by atoms with Crippen molar-refractivity contribution in [1.29, 1.82) is 5.26 Å². The van der Waals surface area contributed by atoms with E-state index in [1.165, 1.54) is 6.92 Å². The first-order valence-corrected chi connectivity index (χ1v) is 11.2. The average molecular weight is 426 g/mol. The quantitative estimate of drug-likeness (QED) is 0.634. The van der Waals surface area contributed by atoms with Crippen molar-refractivity contribution >= 4 is 17.5 Å². The molecule has 0 saturated heterocycles. The van der Waals surface area contributed by atoms with Crippen LogP contribution in [0.3, 0.4) is 0 Å². The number of carbonyl (C=O) groups excluding carboxylic acids is 3. The van der Waals surface area contributed by atoms with Gasteiger partial charge in [0.15, 0.2) is 5.78 Å². The summed E-state index contributed by atoms with van der Waals surface area (Å²) in [6, 6.07) is 2.42. The maximum Gasteiger partial charge on any atom is 0.303 e. The van der Waals surface area contributed by atoms with Gasteiger partial charge in [-0.15, -0.1) is 0 Å². The van der Waals surface area contributed by atoms with E-state index in [2.05, 4.69) is 19.9 Å². The molecule has 4 rings (SSSR count). The molecule has 0 aromatic heterocycles. The highest BCUT2D eigenvalue weighted by molar-refractivity contribution is 5.89. The van der Waals surface area contributed by atoms with Crippen LogP contribution in [-0.4, -0.2) is 31.3 Å². The van der Waals surface area contributed by atoms with Crippen LogP contribution in [0.5, 0.6) is 0 Å². The second-order valence-corrected chi connectivity index (χ2v) is 10.2. The van der Waals surface area contributed by atoms with E-state index in [0.29, 0.717) is 19.3 Å². The lowest BCUT2D eigenvalue weighted by atomic mass is 9.46. The zero-order valence-corrected chi connectivity index (χ0v) is 18.8. The maximum atomic E-state index is 13.7. The molecule has 0 aliphatic heterocycles. The van der Waals surface area contributed by atoms with Crippen molar-refractivity contribution in [2.24, 2.45) is 34.5 Å². The van der Waals surface area contributed by atoms with Gasteiger partial charge in [0.05, 0.1) is 18.9 Å². The summed E-state index contributed by atoms with van der Waals surface area (Å²) in [7, 11) is 1.65. The third-order valence-electron chi connectivity index (χ3n) is 8.72. The summed E-state index contributed by atoms with van der Waals surface area (Å²) in [4.78, 5) is 37.7. The molecule has 4 aliphatic rings. The molecule has 2 fully saturated rings. The monoisotopic (exact) mass is 425 g/mol. The van der Waals surface area contributed by atoms with Crippen LogP contribution in [0, 0.1) is 45.8 Å². The number of fused-ring (bicyclic) bond motifs is 5. The van der Waals surface area contributed by atoms with Crippen LogP contribution in [-0.2, 0) is 23.9 Å². The Labute approximate surface area is 183 Å². The number of carbonyl (C=O) groups is 3. The second kappa shape index (κ2) is 7.62. The van der Waals surface area contributed by atoms with Crippen LogP contribution in [0.2, 0.25) is 0 Å². The zero-order valence-electron chi connectivity index (χ0n) is 18.8. The van der Waals surface area contributed by atoms with E-state index in [1.807, 2.05) is 6.08 Å². The molecule has 6 heteroatoms. The maximum absolute atomic E-state index is 13.7. The number of ketones is 2. The number of nitrogens with zero attached hydrogens (tertiary/aromatic N) is 1. The molecular weight excluding hydrogens is 394 g/mol. The molecule has 0 aromatic carbocycles. The fraction of sp³-hybridized carbons (Fsp3) is 0.680. The Morgan fingerprint density at radius 3 is 2.68 bits per heavy atom. The Hall–Kier alpha value is -2.42. The minimum Gasteiger partial charge on any atom is -0.501 e. The van der Waals surface area contributed by atoms with E-state index in [-0.39, 0.29) is 47.3 Å². The Bertz CT molecular complexity index is 940. The minimum atomic E-state index is -0.467. The van der Waals surface area contributed by atoms with Crippen molar-refractivity contribution in [3.63, 3.8) is 0 Å². The molecule has 6 nitrogen and oxygen atoms in total. The number of ether oxygens (including phenoxy) is 2. The largest absolute Gasteiger partial charge is 0.501 e. The molecule has 166 valence electrons. The summed E-state index contributed by atoms with van der Waals surface area (Å²) in [5, 5.41) is 9.96. The van der Waals surface area contributed by atoms with Crippen molar-refractivity contribution in [2.45, 2.75) is 59.3 Å². The summed E-state index contributed by atoms with van der Waals surface area (Å²) in [5.41, 5.74) is 0.918. The Morgan fingerprint density at radius 1 is 1.29 bits per heavy atom. The molecule has 6 atom stereocenters. The van der Waals surface area contributed by atoms with E-state index in [1.54, 1.807) is 7.11 Å². The minimum absolute atomic E-state index is 0.0682. The standard InChI is InChI=1S/C25H31NO5/c1-14(27)31-13-22(29)19-6-5-18-17-9-15(12-26)20-10-16(30-4)7-8-24(20,2)23(17)21(28)11-25(18,19)3/h10,17-19,23H,5-9,11,13H2,1-4H3/t17-,18-,19+,23+,24-,25-/m0/s1. The molecule has 2 saturated carbocycles. The van der Waals surface area contributed by atoms with Gasteiger partial charge in [-0.1, -0.05) is 13.8 Å². The van der Waals surface area contributed by atoms with Gasteiger partial charge in [0, 0.05) is 42.6 Å². The van der Waals surface area contributed by atoms with Crippen LogP contribution in [0.25, 0.3) is 0 Å². The number of hydrogen-bond donors (Lipinski definition) is 0. The molecule has 0 bridgehead atoms. The summed E-state index contributed by atoms with van der Waals surface area (Å²) >= 11 is 0. The Kier molecular flexibility index (Phi) is 5.36. The molecule has 0 amide bonds. The van der Waals surface area contributed by atoms with Crippen molar-refractivity contribution in [2.75, 3.05) is 13.7 Å². The van der Waals surface area contributed by atoms with E-state index in [4.69, 9.17) is 9.47 Å². The number of esters is 1. The summed E-state index contributed by atoms with van der Waals surface area (Å²) in [6.07, 6.45) is 6.07. The van der Waals surface area contributed by atoms with E-state index < -0.39 is 11.4 Å². The highest BCUT2D eigenvalue weighted by Crippen LogP contribution is 2.66. The average Bonchev–Trinajstić information content (AvgIpc) is 3.07. The van der Waals surface area contributed by atoms with Gasteiger partial charge in [0.25, 0.3) is 0 Å². The first-order valence-electron chi connectivity index (χ1n) is 11.2. The van der Waals surface area contributed by atoms with Gasteiger partial charge in [-0.3, -0.25) is 14.4 Å². The lowest BCUT2D eigenvalue weighted by molar-refractivity contribution is -0.152. The van der Waals surface area contributed by atoms with E-state index in [0.717, 1.165) is 36.2 Å². The second-order valence-electron chi connectivity index (χ2n) is 10.2. The van der Waals surface area contributed by atoms with E-state index >= 15 is 0 Å². The molecule has 0 unspecified atom stereocenters. The fourth-order valence-corrected chi connectivity index (χ4v) is 7.35. The number of hydrogen-bond acceptors (Lipinski definition) is 6. The number of nitriles is 1. The number of allylic oxidation sites excluding steroid dienone is 4. The zero-order chi connectivity index (χ0) is 22.6. The molecule has 0 radical (unpaired) electrons. The number of Topliss-reactive ketones (excluding diaryl/α,β-unsaturated/α-hetero) is 2.